The minimum Gasteiger partial charge on any atom is -0.508 e. The molecular weight excluding hydrogens is 308 g/mol. The molecule has 1 unspecified atom stereocenters. The van der Waals surface area contributed by atoms with Gasteiger partial charge in [-0.3, -0.25) is 4.79 Å². The van der Waals surface area contributed by atoms with E-state index in [1.807, 2.05) is 6.92 Å². The van der Waals surface area contributed by atoms with Crippen LogP contribution in [0.1, 0.15) is 18.9 Å². The zero-order valence-electron chi connectivity index (χ0n) is 11.4. The van der Waals surface area contributed by atoms with Crippen molar-refractivity contribution in [3.05, 3.63) is 59.1 Å². The second-order valence-corrected chi connectivity index (χ2v) is 6.40. The van der Waals surface area contributed by atoms with Crippen LogP contribution in [-0.2, 0) is 9.54 Å². The quantitative estimate of drug-likeness (QED) is 0.794. The van der Waals surface area contributed by atoms with Crippen molar-refractivity contribution in [3.63, 3.8) is 0 Å². The fraction of sp³-hybridized carbons (Fsp3) is 0.188. The fourth-order valence-electron chi connectivity index (χ4n) is 2.09. The molecule has 0 aliphatic rings. The molecule has 2 rings (SSSR count). The SMILES string of the molecule is CCC(Sc1ccc(O)cc1)(C(=O)O)c1ccc(Cl)cc1. The number of aliphatic carboxylic acids is 1. The van der Waals surface area contributed by atoms with Crippen molar-refractivity contribution in [2.75, 3.05) is 0 Å². The van der Waals surface area contributed by atoms with Crippen molar-refractivity contribution >= 4 is 29.3 Å². The molecule has 0 aliphatic heterocycles. The molecule has 0 fully saturated rings. The van der Waals surface area contributed by atoms with Gasteiger partial charge in [0.1, 0.15) is 10.5 Å². The zero-order chi connectivity index (χ0) is 15.5. The Morgan fingerprint density at radius 1 is 1.14 bits per heavy atom. The molecule has 0 amide bonds. The molecule has 5 heteroatoms. The standard InChI is InChI=1S/C16H15ClO3S/c1-2-16(15(19)20,11-3-5-12(17)6-4-11)21-14-9-7-13(18)8-10-14/h3-10,18H,2H2,1H3,(H,19,20). The molecule has 110 valence electrons. The smallest absolute Gasteiger partial charge is 0.324 e. The van der Waals surface area contributed by atoms with Gasteiger partial charge in [0.15, 0.2) is 0 Å². The Labute approximate surface area is 132 Å². The van der Waals surface area contributed by atoms with Gasteiger partial charge < -0.3 is 10.2 Å². The molecule has 1 atom stereocenters. The first-order valence-electron chi connectivity index (χ1n) is 6.45. The van der Waals surface area contributed by atoms with E-state index in [9.17, 15) is 15.0 Å². The van der Waals surface area contributed by atoms with Crippen molar-refractivity contribution < 1.29 is 15.0 Å². The van der Waals surface area contributed by atoms with Crippen LogP contribution >= 0.6 is 23.4 Å². The Hall–Kier alpha value is -1.65. The Bertz CT molecular complexity index is 625. The Morgan fingerprint density at radius 3 is 2.19 bits per heavy atom. The van der Waals surface area contributed by atoms with Gasteiger partial charge >= 0.3 is 5.97 Å². The summed E-state index contributed by atoms with van der Waals surface area (Å²) in [6.45, 7) is 1.84. The average Bonchev–Trinajstić information content (AvgIpc) is 2.47. The number of benzene rings is 2. The van der Waals surface area contributed by atoms with Crippen LogP contribution in [0.15, 0.2) is 53.4 Å². The number of aromatic hydroxyl groups is 1. The molecule has 0 aliphatic carbocycles. The van der Waals surface area contributed by atoms with Crippen molar-refractivity contribution in [2.45, 2.75) is 23.0 Å². The summed E-state index contributed by atoms with van der Waals surface area (Å²) in [4.78, 5) is 12.7. The van der Waals surface area contributed by atoms with E-state index in [1.54, 1.807) is 48.5 Å². The maximum atomic E-state index is 11.9. The van der Waals surface area contributed by atoms with E-state index in [2.05, 4.69) is 0 Å². The van der Waals surface area contributed by atoms with Crippen LogP contribution in [0.2, 0.25) is 5.02 Å². The van der Waals surface area contributed by atoms with Gasteiger partial charge in [-0.25, -0.2) is 0 Å². The van der Waals surface area contributed by atoms with E-state index in [4.69, 9.17) is 11.6 Å². The highest BCUT2D eigenvalue weighted by Crippen LogP contribution is 2.45. The Kier molecular flexibility index (Phi) is 4.80. The summed E-state index contributed by atoms with van der Waals surface area (Å²) in [7, 11) is 0. The maximum absolute atomic E-state index is 11.9. The van der Waals surface area contributed by atoms with Gasteiger partial charge in [-0.15, -0.1) is 11.8 Å². The Balaban J connectivity index is 2.44. The van der Waals surface area contributed by atoms with E-state index < -0.39 is 10.7 Å². The van der Waals surface area contributed by atoms with Crippen LogP contribution < -0.4 is 0 Å². The number of phenolic OH excluding ortho intramolecular Hbond substituents is 1. The molecule has 21 heavy (non-hydrogen) atoms. The second kappa shape index (κ2) is 6.41. The number of carboxylic acids is 1. The van der Waals surface area contributed by atoms with Crippen LogP contribution in [-0.4, -0.2) is 16.2 Å². The topological polar surface area (TPSA) is 57.5 Å². The van der Waals surface area contributed by atoms with Crippen molar-refractivity contribution in [2.24, 2.45) is 0 Å². The Morgan fingerprint density at radius 2 is 1.71 bits per heavy atom. The summed E-state index contributed by atoms with van der Waals surface area (Å²) < 4.78 is -1.08. The van der Waals surface area contributed by atoms with E-state index in [1.165, 1.54) is 11.8 Å². The summed E-state index contributed by atoms with van der Waals surface area (Å²) in [6, 6.07) is 13.4. The van der Waals surface area contributed by atoms with Gasteiger partial charge in [0.05, 0.1) is 0 Å². The van der Waals surface area contributed by atoms with Crippen LogP contribution in [0.4, 0.5) is 0 Å². The van der Waals surface area contributed by atoms with Crippen molar-refractivity contribution in [1.82, 2.24) is 0 Å². The van der Waals surface area contributed by atoms with Crippen LogP contribution in [0.5, 0.6) is 5.75 Å². The molecule has 0 saturated heterocycles. The molecule has 0 heterocycles. The van der Waals surface area contributed by atoms with Gasteiger partial charge in [-0.2, -0.15) is 0 Å². The number of rotatable bonds is 5. The van der Waals surface area contributed by atoms with Crippen LogP contribution in [0, 0.1) is 0 Å². The van der Waals surface area contributed by atoms with Gasteiger partial charge in [0, 0.05) is 9.92 Å². The number of carboxylic acid groups (broad SMARTS) is 1. The summed E-state index contributed by atoms with van der Waals surface area (Å²) in [5, 5.41) is 19.7. The fourth-order valence-corrected chi connectivity index (χ4v) is 3.37. The predicted molar refractivity (Wildman–Crippen MR) is 85.0 cm³/mol. The van der Waals surface area contributed by atoms with Gasteiger partial charge in [-0.1, -0.05) is 30.7 Å². The summed E-state index contributed by atoms with van der Waals surface area (Å²) >= 11 is 7.14. The lowest BCUT2D eigenvalue weighted by Crippen LogP contribution is -2.31. The molecule has 3 nitrogen and oxygen atoms in total. The van der Waals surface area contributed by atoms with Gasteiger partial charge in [0.25, 0.3) is 0 Å². The van der Waals surface area contributed by atoms with E-state index >= 15 is 0 Å². The lowest BCUT2D eigenvalue weighted by molar-refractivity contribution is -0.140. The zero-order valence-corrected chi connectivity index (χ0v) is 13.0. The third kappa shape index (κ3) is 3.34. The van der Waals surface area contributed by atoms with Crippen molar-refractivity contribution in [3.8, 4) is 5.75 Å². The van der Waals surface area contributed by atoms with E-state index in [0.29, 0.717) is 17.0 Å². The highest BCUT2D eigenvalue weighted by atomic mass is 35.5. The molecule has 2 aromatic rings. The first-order valence-corrected chi connectivity index (χ1v) is 7.65. The summed E-state index contributed by atoms with van der Waals surface area (Å²) in [6.07, 6.45) is 0.426. The number of hydrogen-bond acceptors (Lipinski definition) is 3. The molecule has 2 aromatic carbocycles. The molecule has 0 bridgehead atoms. The molecular formula is C16H15ClO3S. The van der Waals surface area contributed by atoms with Gasteiger partial charge in [0.2, 0.25) is 0 Å². The highest BCUT2D eigenvalue weighted by molar-refractivity contribution is 8.01. The molecule has 2 N–H and O–H groups in total. The predicted octanol–water partition coefficient (Wildman–Crippen LogP) is 4.53. The third-order valence-corrected chi connectivity index (χ3v) is 5.09. The van der Waals surface area contributed by atoms with Crippen molar-refractivity contribution in [1.29, 1.82) is 0 Å². The highest BCUT2D eigenvalue weighted by Gasteiger charge is 2.40. The minimum atomic E-state index is -1.08. The molecule has 0 spiro atoms. The maximum Gasteiger partial charge on any atom is 0.324 e. The summed E-state index contributed by atoms with van der Waals surface area (Å²) in [5.41, 5.74) is 0.694. The third-order valence-electron chi connectivity index (χ3n) is 3.28. The largest absolute Gasteiger partial charge is 0.508 e. The van der Waals surface area contributed by atoms with E-state index in [-0.39, 0.29) is 5.75 Å². The number of halogens is 1. The number of phenols is 1. The van der Waals surface area contributed by atoms with Gasteiger partial charge in [-0.05, 0) is 48.4 Å². The average molecular weight is 323 g/mol. The molecule has 0 radical (unpaired) electrons. The monoisotopic (exact) mass is 322 g/mol. The normalized spacial score (nSPS) is 13.6. The molecule has 0 aromatic heterocycles. The lowest BCUT2D eigenvalue weighted by Gasteiger charge is -2.28. The number of carbonyl (C=O) groups is 1. The number of hydrogen-bond donors (Lipinski definition) is 2. The van der Waals surface area contributed by atoms with Crippen LogP contribution in [0.3, 0.4) is 0 Å². The molecule has 0 saturated carbocycles. The first kappa shape index (κ1) is 15.7. The lowest BCUT2D eigenvalue weighted by atomic mass is 9.95. The number of thioether (sulfide) groups is 1. The van der Waals surface area contributed by atoms with Crippen LogP contribution in [0.25, 0.3) is 0 Å². The summed E-state index contributed by atoms with van der Waals surface area (Å²) in [5.74, 6) is -0.742. The first-order chi connectivity index (χ1) is 9.98. The van der Waals surface area contributed by atoms with E-state index in [0.717, 1.165) is 4.90 Å². The second-order valence-electron chi connectivity index (χ2n) is 4.59. The minimum absolute atomic E-state index is 0.156.